The standard InChI is InChI=1S/C34H39N3O2/c1-6-36-22-29(21-35-36)27-10-13-31-28(20-27)19-24(4)37(30-11-8-26(9-12-30)23(2)3)33(31)34(5)17-15-25(16-18-34)7-14-32(38)39/h7-17,20-24,33H,6,18-19H2,1-5H3,(H,38,39)/b14-7+/t24-,33+,34?/m1/s1. The summed E-state index contributed by atoms with van der Waals surface area (Å²) < 4.78 is 1.97. The van der Waals surface area contributed by atoms with E-state index in [2.05, 4.69) is 112 Å². The number of hydrogen-bond donors (Lipinski definition) is 1. The summed E-state index contributed by atoms with van der Waals surface area (Å²) in [5.74, 6) is -0.435. The molecule has 1 aliphatic heterocycles. The van der Waals surface area contributed by atoms with Crippen molar-refractivity contribution < 1.29 is 9.90 Å². The highest BCUT2D eigenvalue weighted by atomic mass is 16.4. The van der Waals surface area contributed by atoms with Crippen molar-refractivity contribution in [2.45, 2.75) is 72.0 Å². The van der Waals surface area contributed by atoms with Gasteiger partial charge in [-0.15, -0.1) is 0 Å². The van der Waals surface area contributed by atoms with Gasteiger partial charge in [0, 0.05) is 41.5 Å². The van der Waals surface area contributed by atoms with Crippen molar-refractivity contribution in [3.05, 3.63) is 108 Å². The molecule has 202 valence electrons. The highest BCUT2D eigenvalue weighted by Gasteiger charge is 2.43. The van der Waals surface area contributed by atoms with Gasteiger partial charge in [-0.2, -0.15) is 5.10 Å². The van der Waals surface area contributed by atoms with Gasteiger partial charge in [0.15, 0.2) is 0 Å². The number of carboxylic acid groups (broad SMARTS) is 1. The van der Waals surface area contributed by atoms with Crippen molar-refractivity contribution >= 4 is 11.7 Å². The Morgan fingerprint density at radius 1 is 1.18 bits per heavy atom. The largest absolute Gasteiger partial charge is 0.478 e. The Labute approximate surface area is 232 Å². The van der Waals surface area contributed by atoms with Gasteiger partial charge in [0.25, 0.3) is 0 Å². The van der Waals surface area contributed by atoms with E-state index >= 15 is 0 Å². The van der Waals surface area contributed by atoms with Crippen LogP contribution in [0.1, 0.15) is 69.7 Å². The maximum absolute atomic E-state index is 11.1. The number of aromatic nitrogens is 2. The Bertz CT molecular complexity index is 1440. The van der Waals surface area contributed by atoms with E-state index in [0.717, 1.165) is 30.5 Å². The lowest BCUT2D eigenvalue weighted by atomic mass is 9.69. The molecule has 1 aliphatic carbocycles. The number of benzene rings is 2. The number of aliphatic carboxylic acids is 1. The molecular weight excluding hydrogens is 482 g/mol. The van der Waals surface area contributed by atoms with E-state index < -0.39 is 5.97 Å². The van der Waals surface area contributed by atoms with Crippen LogP contribution in [0.25, 0.3) is 11.1 Å². The summed E-state index contributed by atoms with van der Waals surface area (Å²) in [6.45, 7) is 12.1. The molecule has 0 saturated carbocycles. The quantitative estimate of drug-likeness (QED) is 0.323. The number of nitrogens with zero attached hydrogens (tertiary/aromatic N) is 3. The van der Waals surface area contributed by atoms with Gasteiger partial charge in [0.05, 0.1) is 12.2 Å². The van der Waals surface area contributed by atoms with Crippen LogP contribution in [0, 0.1) is 5.41 Å². The third-order valence-electron chi connectivity index (χ3n) is 8.33. The molecule has 1 N–H and O–H groups in total. The van der Waals surface area contributed by atoms with E-state index in [1.54, 1.807) is 6.08 Å². The molecular formula is C34H39N3O2. The number of hydrogen-bond acceptors (Lipinski definition) is 3. The zero-order valence-corrected chi connectivity index (χ0v) is 23.6. The topological polar surface area (TPSA) is 58.4 Å². The highest BCUT2D eigenvalue weighted by Crippen LogP contribution is 2.51. The van der Waals surface area contributed by atoms with Crippen molar-refractivity contribution in [2.75, 3.05) is 4.90 Å². The Morgan fingerprint density at radius 2 is 1.95 bits per heavy atom. The second kappa shape index (κ2) is 10.7. The Kier molecular flexibility index (Phi) is 7.35. The van der Waals surface area contributed by atoms with Crippen LogP contribution in [0.2, 0.25) is 0 Å². The molecule has 39 heavy (non-hydrogen) atoms. The van der Waals surface area contributed by atoms with Crippen LogP contribution < -0.4 is 4.90 Å². The first-order valence-corrected chi connectivity index (χ1v) is 14.0. The van der Waals surface area contributed by atoms with E-state index in [4.69, 9.17) is 5.11 Å². The van der Waals surface area contributed by atoms with E-state index in [-0.39, 0.29) is 11.5 Å². The molecule has 0 bridgehead atoms. The smallest absolute Gasteiger partial charge is 0.328 e. The number of carbonyl (C=O) groups is 1. The minimum atomic E-state index is -0.927. The Balaban J connectivity index is 1.58. The van der Waals surface area contributed by atoms with Gasteiger partial charge in [-0.25, -0.2) is 4.79 Å². The third kappa shape index (κ3) is 5.36. The van der Waals surface area contributed by atoms with Gasteiger partial charge in [-0.1, -0.05) is 69.3 Å². The first-order chi connectivity index (χ1) is 18.7. The fraction of sp³-hybridized carbons (Fsp3) is 0.353. The summed E-state index contributed by atoms with van der Waals surface area (Å²) in [7, 11) is 0. The number of aryl methyl sites for hydroxylation is 1. The molecule has 1 unspecified atom stereocenters. The fourth-order valence-corrected chi connectivity index (χ4v) is 6.10. The van der Waals surface area contributed by atoms with Gasteiger partial charge in [0.2, 0.25) is 0 Å². The predicted octanol–water partition coefficient (Wildman–Crippen LogP) is 7.72. The van der Waals surface area contributed by atoms with Crippen LogP contribution >= 0.6 is 0 Å². The normalized spacial score (nSPS) is 22.8. The summed E-state index contributed by atoms with van der Waals surface area (Å²) in [5.41, 5.74) is 8.46. The SMILES string of the molecule is CCn1cc(-c2ccc3c(c2)C[C@@H](C)N(c2ccc(C(C)C)cc2)[C@@H]3C2(C)C=CC(/C=C/C(=O)O)=CC2)cn1. The molecule has 0 radical (unpaired) electrons. The minimum absolute atomic E-state index is 0.131. The summed E-state index contributed by atoms with van der Waals surface area (Å²) in [5, 5.41) is 13.6. The molecule has 0 amide bonds. The monoisotopic (exact) mass is 521 g/mol. The predicted molar refractivity (Wildman–Crippen MR) is 159 cm³/mol. The van der Waals surface area contributed by atoms with Crippen LogP contribution in [0.5, 0.6) is 0 Å². The Hall–Kier alpha value is -3.86. The van der Waals surface area contributed by atoms with Crippen LogP contribution in [0.3, 0.4) is 0 Å². The number of fused-ring (bicyclic) bond motifs is 1. The first kappa shape index (κ1) is 26.7. The molecule has 5 nitrogen and oxygen atoms in total. The lowest BCUT2D eigenvalue weighted by Gasteiger charge is -2.51. The molecule has 0 saturated heterocycles. The Morgan fingerprint density at radius 3 is 2.56 bits per heavy atom. The summed E-state index contributed by atoms with van der Waals surface area (Å²) in [4.78, 5) is 13.7. The summed E-state index contributed by atoms with van der Waals surface area (Å²) >= 11 is 0. The highest BCUT2D eigenvalue weighted by molar-refractivity contribution is 5.80. The zero-order valence-electron chi connectivity index (χ0n) is 23.6. The second-order valence-electron chi connectivity index (χ2n) is 11.5. The van der Waals surface area contributed by atoms with E-state index in [1.165, 1.54) is 34.0 Å². The van der Waals surface area contributed by atoms with E-state index in [0.29, 0.717) is 12.0 Å². The molecule has 5 heteroatoms. The molecule has 0 spiro atoms. The van der Waals surface area contributed by atoms with Crippen molar-refractivity contribution in [1.82, 2.24) is 9.78 Å². The average Bonchev–Trinajstić information content (AvgIpc) is 3.41. The molecule has 1 aromatic heterocycles. The number of anilines is 1. The van der Waals surface area contributed by atoms with Crippen molar-refractivity contribution in [3.63, 3.8) is 0 Å². The second-order valence-corrected chi connectivity index (χ2v) is 11.5. The zero-order chi connectivity index (χ0) is 27.7. The van der Waals surface area contributed by atoms with Gasteiger partial charge < -0.3 is 10.0 Å². The minimum Gasteiger partial charge on any atom is -0.478 e. The van der Waals surface area contributed by atoms with Gasteiger partial charge in [0.1, 0.15) is 0 Å². The van der Waals surface area contributed by atoms with Crippen LogP contribution in [0.15, 0.2) is 90.8 Å². The lowest BCUT2D eigenvalue weighted by molar-refractivity contribution is -0.131. The van der Waals surface area contributed by atoms with Crippen molar-refractivity contribution in [1.29, 1.82) is 0 Å². The average molecular weight is 522 g/mol. The molecule has 5 rings (SSSR count). The molecule has 3 aromatic rings. The fourth-order valence-electron chi connectivity index (χ4n) is 6.10. The van der Waals surface area contributed by atoms with Gasteiger partial charge in [-0.3, -0.25) is 4.68 Å². The maximum Gasteiger partial charge on any atom is 0.328 e. The summed E-state index contributed by atoms with van der Waals surface area (Å²) in [6.07, 6.45) is 15.3. The van der Waals surface area contributed by atoms with E-state index in [9.17, 15) is 4.79 Å². The van der Waals surface area contributed by atoms with Crippen LogP contribution in [-0.2, 0) is 17.8 Å². The van der Waals surface area contributed by atoms with Crippen molar-refractivity contribution in [2.24, 2.45) is 5.41 Å². The molecule has 2 aromatic carbocycles. The lowest BCUT2D eigenvalue weighted by Crippen LogP contribution is -2.48. The first-order valence-electron chi connectivity index (χ1n) is 14.0. The number of rotatable bonds is 7. The van der Waals surface area contributed by atoms with Crippen molar-refractivity contribution in [3.8, 4) is 11.1 Å². The van der Waals surface area contributed by atoms with Gasteiger partial charge in [-0.05, 0) is 78.6 Å². The number of allylic oxidation sites excluding steroid dienone is 4. The van der Waals surface area contributed by atoms with Crippen LogP contribution in [-0.4, -0.2) is 26.9 Å². The van der Waals surface area contributed by atoms with Crippen LogP contribution in [0.4, 0.5) is 5.69 Å². The summed E-state index contributed by atoms with van der Waals surface area (Å²) in [6, 6.07) is 16.5. The molecule has 2 aliphatic rings. The van der Waals surface area contributed by atoms with E-state index in [1.807, 2.05) is 10.9 Å². The molecule has 0 fully saturated rings. The molecule has 3 atom stereocenters. The maximum atomic E-state index is 11.1. The molecule has 2 heterocycles. The third-order valence-corrected chi connectivity index (χ3v) is 8.33. The van der Waals surface area contributed by atoms with Gasteiger partial charge >= 0.3 is 5.97 Å². The number of carboxylic acids is 1.